The van der Waals surface area contributed by atoms with Crippen LogP contribution in [-0.2, 0) is 0 Å². The van der Waals surface area contributed by atoms with E-state index in [0.29, 0.717) is 11.8 Å². The Morgan fingerprint density at radius 2 is 1.73 bits per heavy atom. The second kappa shape index (κ2) is 3.96. The van der Waals surface area contributed by atoms with E-state index in [9.17, 15) is 0 Å². The maximum atomic E-state index is 4.86. The molecule has 1 aliphatic carbocycles. The Labute approximate surface area is 92.9 Å². The fourth-order valence-corrected chi connectivity index (χ4v) is 2.06. The molecule has 1 fully saturated rings. The molecule has 0 amide bonds. The van der Waals surface area contributed by atoms with E-state index >= 15 is 0 Å². The summed E-state index contributed by atoms with van der Waals surface area (Å²) in [5, 5.41) is 0. The van der Waals surface area contributed by atoms with Gasteiger partial charge in [0.2, 0.25) is 0 Å². The van der Waals surface area contributed by atoms with Crippen molar-refractivity contribution in [3.8, 4) is 0 Å². The molecular formula is C14H21N. The van der Waals surface area contributed by atoms with E-state index in [0.717, 1.165) is 5.92 Å². The van der Waals surface area contributed by atoms with Gasteiger partial charge in [-0.2, -0.15) is 0 Å². The van der Waals surface area contributed by atoms with Crippen molar-refractivity contribution >= 4 is 0 Å². The summed E-state index contributed by atoms with van der Waals surface area (Å²) in [4.78, 5) is 4.86. The Bertz CT molecular complexity index is 348. The van der Waals surface area contributed by atoms with Crippen molar-refractivity contribution in [2.45, 2.75) is 58.3 Å². The molecule has 1 nitrogen and oxygen atoms in total. The average Bonchev–Trinajstić information content (AvgIpc) is 2.99. The molecule has 0 atom stereocenters. The summed E-state index contributed by atoms with van der Waals surface area (Å²) in [6.07, 6.45) is 2.68. The van der Waals surface area contributed by atoms with E-state index in [1.807, 2.05) is 0 Å². The van der Waals surface area contributed by atoms with Gasteiger partial charge in [-0.15, -0.1) is 0 Å². The van der Waals surface area contributed by atoms with Crippen LogP contribution in [0.2, 0.25) is 0 Å². The third kappa shape index (κ3) is 2.22. The van der Waals surface area contributed by atoms with E-state index in [2.05, 4.69) is 39.8 Å². The minimum atomic E-state index is 0.543. The summed E-state index contributed by atoms with van der Waals surface area (Å²) < 4.78 is 0. The Hall–Kier alpha value is -0.850. The van der Waals surface area contributed by atoms with Crippen molar-refractivity contribution in [2.75, 3.05) is 0 Å². The monoisotopic (exact) mass is 203 g/mol. The number of nitrogens with zero attached hydrogens (tertiary/aromatic N) is 1. The molecule has 15 heavy (non-hydrogen) atoms. The molecule has 1 heterocycles. The number of aromatic nitrogens is 1. The van der Waals surface area contributed by atoms with Crippen molar-refractivity contribution in [2.24, 2.45) is 0 Å². The topological polar surface area (TPSA) is 12.9 Å². The highest BCUT2D eigenvalue weighted by Crippen LogP contribution is 2.40. The Morgan fingerprint density at radius 1 is 1.07 bits per heavy atom. The van der Waals surface area contributed by atoms with Crippen LogP contribution in [0, 0.1) is 0 Å². The van der Waals surface area contributed by atoms with E-state index in [4.69, 9.17) is 4.98 Å². The first-order valence-electron chi connectivity index (χ1n) is 6.10. The highest BCUT2D eigenvalue weighted by Gasteiger charge is 2.26. The SMILES string of the molecule is CC(C)c1ccc(C2CC2)nc1C(C)C. The van der Waals surface area contributed by atoms with Gasteiger partial charge in [0.25, 0.3) is 0 Å². The van der Waals surface area contributed by atoms with E-state index < -0.39 is 0 Å². The van der Waals surface area contributed by atoms with Crippen LogP contribution < -0.4 is 0 Å². The fourth-order valence-electron chi connectivity index (χ4n) is 2.06. The predicted molar refractivity (Wildman–Crippen MR) is 64.4 cm³/mol. The molecule has 82 valence electrons. The molecule has 1 aromatic heterocycles. The number of hydrogen-bond acceptors (Lipinski definition) is 1. The second-order valence-corrected chi connectivity index (χ2v) is 5.29. The van der Waals surface area contributed by atoms with Gasteiger partial charge in [0.1, 0.15) is 0 Å². The first kappa shape index (κ1) is 10.7. The molecule has 1 saturated carbocycles. The first-order chi connectivity index (χ1) is 7.09. The van der Waals surface area contributed by atoms with Gasteiger partial charge in [-0.05, 0) is 36.3 Å². The summed E-state index contributed by atoms with van der Waals surface area (Å²) in [6.45, 7) is 8.98. The summed E-state index contributed by atoms with van der Waals surface area (Å²) in [6, 6.07) is 4.53. The highest BCUT2D eigenvalue weighted by atomic mass is 14.7. The van der Waals surface area contributed by atoms with E-state index in [1.165, 1.54) is 29.8 Å². The van der Waals surface area contributed by atoms with Crippen LogP contribution in [0.1, 0.15) is 75.2 Å². The Morgan fingerprint density at radius 3 is 2.20 bits per heavy atom. The number of hydrogen-bond donors (Lipinski definition) is 0. The fraction of sp³-hybridized carbons (Fsp3) is 0.643. The van der Waals surface area contributed by atoms with Gasteiger partial charge in [0.05, 0.1) is 0 Å². The highest BCUT2D eigenvalue weighted by molar-refractivity contribution is 5.30. The average molecular weight is 203 g/mol. The zero-order valence-corrected chi connectivity index (χ0v) is 10.2. The van der Waals surface area contributed by atoms with Gasteiger partial charge >= 0.3 is 0 Å². The molecule has 0 spiro atoms. The van der Waals surface area contributed by atoms with Crippen molar-refractivity contribution < 1.29 is 0 Å². The molecule has 0 aliphatic heterocycles. The summed E-state index contributed by atoms with van der Waals surface area (Å²) >= 11 is 0. The molecule has 1 heteroatoms. The lowest BCUT2D eigenvalue weighted by molar-refractivity contribution is 0.745. The molecule has 1 aliphatic rings. The van der Waals surface area contributed by atoms with Crippen LogP contribution in [0.5, 0.6) is 0 Å². The van der Waals surface area contributed by atoms with Crippen molar-refractivity contribution in [1.82, 2.24) is 4.98 Å². The third-order valence-electron chi connectivity index (χ3n) is 3.14. The molecule has 2 rings (SSSR count). The van der Waals surface area contributed by atoms with Gasteiger partial charge in [0, 0.05) is 17.3 Å². The van der Waals surface area contributed by atoms with E-state index in [1.54, 1.807) is 0 Å². The largest absolute Gasteiger partial charge is 0.257 e. The normalized spacial score (nSPS) is 16.4. The lowest BCUT2D eigenvalue weighted by atomic mass is 9.95. The van der Waals surface area contributed by atoms with Gasteiger partial charge in [0.15, 0.2) is 0 Å². The second-order valence-electron chi connectivity index (χ2n) is 5.29. The number of pyridine rings is 1. The van der Waals surface area contributed by atoms with E-state index in [-0.39, 0.29) is 0 Å². The van der Waals surface area contributed by atoms with Crippen molar-refractivity contribution in [3.63, 3.8) is 0 Å². The molecule has 0 saturated heterocycles. The maximum Gasteiger partial charge on any atom is 0.0466 e. The van der Waals surface area contributed by atoms with Crippen LogP contribution in [0.4, 0.5) is 0 Å². The van der Waals surface area contributed by atoms with Crippen LogP contribution >= 0.6 is 0 Å². The zero-order chi connectivity index (χ0) is 11.0. The molecule has 0 unspecified atom stereocenters. The summed E-state index contributed by atoms with van der Waals surface area (Å²) in [7, 11) is 0. The first-order valence-corrected chi connectivity index (χ1v) is 6.10. The van der Waals surface area contributed by atoms with Crippen LogP contribution in [0.25, 0.3) is 0 Å². The molecule has 0 radical (unpaired) electrons. The third-order valence-corrected chi connectivity index (χ3v) is 3.14. The lowest BCUT2D eigenvalue weighted by Gasteiger charge is -2.16. The maximum absolute atomic E-state index is 4.86. The quantitative estimate of drug-likeness (QED) is 0.717. The molecule has 0 bridgehead atoms. The lowest BCUT2D eigenvalue weighted by Crippen LogP contribution is -2.04. The summed E-state index contributed by atoms with van der Waals surface area (Å²) in [5.74, 6) is 1.90. The number of rotatable bonds is 3. The predicted octanol–water partition coefficient (Wildman–Crippen LogP) is 4.21. The minimum absolute atomic E-state index is 0.543. The molecule has 0 aromatic carbocycles. The Kier molecular flexibility index (Phi) is 2.81. The van der Waals surface area contributed by atoms with Gasteiger partial charge in [-0.3, -0.25) is 4.98 Å². The smallest absolute Gasteiger partial charge is 0.0466 e. The molecular weight excluding hydrogens is 182 g/mol. The van der Waals surface area contributed by atoms with Gasteiger partial charge in [-0.1, -0.05) is 33.8 Å². The molecule has 0 N–H and O–H groups in total. The zero-order valence-electron chi connectivity index (χ0n) is 10.2. The van der Waals surface area contributed by atoms with Crippen LogP contribution in [0.3, 0.4) is 0 Å². The van der Waals surface area contributed by atoms with Crippen LogP contribution in [0.15, 0.2) is 12.1 Å². The Balaban J connectivity index is 2.39. The molecule has 1 aromatic rings. The van der Waals surface area contributed by atoms with Gasteiger partial charge in [-0.25, -0.2) is 0 Å². The van der Waals surface area contributed by atoms with Crippen LogP contribution in [-0.4, -0.2) is 4.98 Å². The standard InChI is InChI=1S/C14H21N/c1-9(2)12-7-8-13(11-5-6-11)15-14(12)10(3)4/h7-11H,5-6H2,1-4H3. The van der Waals surface area contributed by atoms with Gasteiger partial charge < -0.3 is 0 Å². The van der Waals surface area contributed by atoms with Crippen molar-refractivity contribution in [3.05, 3.63) is 29.1 Å². The van der Waals surface area contributed by atoms with Crippen molar-refractivity contribution in [1.29, 1.82) is 0 Å². The summed E-state index contributed by atoms with van der Waals surface area (Å²) in [5.41, 5.74) is 4.06. The minimum Gasteiger partial charge on any atom is -0.257 e.